The van der Waals surface area contributed by atoms with E-state index < -0.39 is 11.9 Å². The highest BCUT2D eigenvalue weighted by molar-refractivity contribution is 6.27. The SMILES string of the molecule is CN(CCC1CCCc2c1ccn2C)Cc1ccccc1.O=C(O)C(=O)O. The van der Waals surface area contributed by atoms with E-state index in [1.807, 2.05) is 0 Å². The van der Waals surface area contributed by atoms with Gasteiger partial charge in [-0.15, -0.1) is 0 Å². The first-order valence-electron chi connectivity index (χ1n) is 9.21. The van der Waals surface area contributed by atoms with Gasteiger partial charge in [-0.25, -0.2) is 9.59 Å². The fourth-order valence-corrected chi connectivity index (χ4v) is 3.60. The van der Waals surface area contributed by atoms with Crippen LogP contribution < -0.4 is 0 Å². The van der Waals surface area contributed by atoms with Crippen molar-refractivity contribution in [1.82, 2.24) is 9.47 Å². The third-order valence-electron chi connectivity index (χ3n) is 4.98. The maximum absolute atomic E-state index is 9.10. The summed E-state index contributed by atoms with van der Waals surface area (Å²) in [7, 11) is 4.42. The van der Waals surface area contributed by atoms with Crippen LogP contribution in [-0.2, 0) is 29.6 Å². The Morgan fingerprint density at radius 1 is 1.15 bits per heavy atom. The summed E-state index contributed by atoms with van der Waals surface area (Å²) in [5, 5.41) is 14.8. The average Bonchev–Trinajstić information content (AvgIpc) is 3.03. The number of carboxylic acids is 2. The molecule has 0 radical (unpaired) electrons. The number of carbonyl (C=O) groups is 2. The number of hydrogen-bond donors (Lipinski definition) is 2. The van der Waals surface area contributed by atoms with E-state index in [1.54, 1.807) is 11.3 Å². The van der Waals surface area contributed by atoms with Crippen LogP contribution in [0.25, 0.3) is 0 Å². The number of aryl methyl sites for hydroxylation is 1. The Bertz CT molecular complexity index is 743. The molecule has 1 aliphatic rings. The van der Waals surface area contributed by atoms with Gasteiger partial charge in [0.15, 0.2) is 0 Å². The molecule has 1 heterocycles. The van der Waals surface area contributed by atoms with Gasteiger partial charge in [-0.05, 0) is 62.4 Å². The van der Waals surface area contributed by atoms with Gasteiger partial charge in [0.1, 0.15) is 0 Å². The highest BCUT2D eigenvalue weighted by Gasteiger charge is 2.22. The summed E-state index contributed by atoms with van der Waals surface area (Å²) in [6.45, 7) is 2.23. The van der Waals surface area contributed by atoms with E-state index in [4.69, 9.17) is 19.8 Å². The third-order valence-corrected chi connectivity index (χ3v) is 4.98. The molecule has 0 spiro atoms. The largest absolute Gasteiger partial charge is 0.473 e. The normalized spacial score (nSPS) is 15.6. The smallest absolute Gasteiger partial charge is 0.414 e. The molecule has 0 saturated carbocycles. The summed E-state index contributed by atoms with van der Waals surface area (Å²) < 4.78 is 2.31. The molecule has 3 rings (SSSR count). The molecule has 6 nitrogen and oxygen atoms in total. The number of rotatable bonds is 5. The highest BCUT2D eigenvalue weighted by Crippen LogP contribution is 2.34. The number of hydrogen-bond acceptors (Lipinski definition) is 3. The topological polar surface area (TPSA) is 82.8 Å². The lowest BCUT2D eigenvalue weighted by Gasteiger charge is -2.26. The lowest BCUT2D eigenvalue weighted by atomic mass is 9.84. The zero-order valence-corrected chi connectivity index (χ0v) is 16.0. The molecule has 1 atom stereocenters. The number of aliphatic carboxylic acids is 2. The number of nitrogens with zero attached hydrogens (tertiary/aromatic N) is 2. The highest BCUT2D eigenvalue weighted by atomic mass is 16.4. The monoisotopic (exact) mass is 372 g/mol. The quantitative estimate of drug-likeness (QED) is 0.788. The molecule has 27 heavy (non-hydrogen) atoms. The van der Waals surface area contributed by atoms with Gasteiger partial charge in [-0.1, -0.05) is 30.3 Å². The van der Waals surface area contributed by atoms with E-state index in [-0.39, 0.29) is 0 Å². The molecule has 1 aromatic heterocycles. The summed E-state index contributed by atoms with van der Waals surface area (Å²) in [6, 6.07) is 13.1. The minimum absolute atomic E-state index is 0.758. The van der Waals surface area contributed by atoms with Crippen molar-refractivity contribution in [2.45, 2.75) is 38.1 Å². The fraction of sp³-hybridized carbons (Fsp3) is 0.429. The van der Waals surface area contributed by atoms with Gasteiger partial charge < -0.3 is 19.7 Å². The summed E-state index contributed by atoms with van der Waals surface area (Å²) in [6.07, 6.45) is 7.47. The van der Waals surface area contributed by atoms with E-state index >= 15 is 0 Å². The maximum atomic E-state index is 9.10. The van der Waals surface area contributed by atoms with Crippen LogP contribution in [0.2, 0.25) is 0 Å². The second-order valence-electron chi connectivity index (χ2n) is 7.04. The molecule has 1 aromatic carbocycles. The van der Waals surface area contributed by atoms with Crippen molar-refractivity contribution < 1.29 is 19.8 Å². The number of aromatic nitrogens is 1. The van der Waals surface area contributed by atoms with Crippen molar-refractivity contribution in [2.24, 2.45) is 7.05 Å². The molecule has 2 N–H and O–H groups in total. The Balaban J connectivity index is 0.000000380. The molecular weight excluding hydrogens is 344 g/mol. The zero-order valence-electron chi connectivity index (χ0n) is 16.0. The van der Waals surface area contributed by atoms with Crippen LogP contribution in [0.15, 0.2) is 42.6 Å². The molecule has 0 fully saturated rings. The molecule has 1 unspecified atom stereocenters. The summed E-state index contributed by atoms with van der Waals surface area (Å²) in [5.41, 5.74) is 4.58. The van der Waals surface area contributed by atoms with Crippen LogP contribution >= 0.6 is 0 Å². The van der Waals surface area contributed by atoms with Gasteiger partial charge >= 0.3 is 11.9 Å². The molecule has 1 aliphatic carbocycles. The second kappa shape index (κ2) is 9.92. The van der Waals surface area contributed by atoms with E-state index in [9.17, 15) is 0 Å². The van der Waals surface area contributed by atoms with Gasteiger partial charge in [0.05, 0.1) is 0 Å². The van der Waals surface area contributed by atoms with E-state index in [2.05, 4.69) is 66.2 Å². The minimum Gasteiger partial charge on any atom is -0.473 e. The van der Waals surface area contributed by atoms with Crippen molar-refractivity contribution >= 4 is 11.9 Å². The predicted molar refractivity (Wildman–Crippen MR) is 104 cm³/mol. The molecular formula is C21H28N2O4. The van der Waals surface area contributed by atoms with Crippen molar-refractivity contribution in [1.29, 1.82) is 0 Å². The zero-order chi connectivity index (χ0) is 19.8. The summed E-state index contributed by atoms with van der Waals surface area (Å²) in [5.74, 6) is -2.89. The molecule has 0 amide bonds. The maximum Gasteiger partial charge on any atom is 0.414 e. The first kappa shape index (κ1) is 20.7. The molecule has 6 heteroatoms. The number of carboxylic acid groups (broad SMARTS) is 2. The Morgan fingerprint density at radius 3 is 2.44 bits per heavy atom. The van der Waals surface area contributed by atoms with Gasteiger partial charge in [-0.3, -0.25) is 0 Å². The summed E-state index contributed by atoms with van der Waals surface area (Å²) in [4.78, 5) is 20.7. The molecule has 0 bridgehead atoms. The van der Waals surface area contributed by atoms with E-state index in [1.165, 1.54) is 37.8 Å². The average molecular weight is 372 g/mol. The minimum atomic E-state index is -1.82. The van der Waals surface area contributed by atoms with Crippen molar-refractivity contribution in [3.63, 3.8) is 0 Å². The number of fused-ring (bicyclic) bond motifs is 1. The predicted octanol–water partition coefficient (Wildman–Crippen LogP) is 3.12. The Morgan fingerprint density at radius 2 is 1.81 bits per heavy atom. The van der Waals surface area contributed by atoms with E-state index in [0.29, 0.717) is 0 Å². The second-order valence-corrected chi connectivity index (χ2v) is 7.04. The van der Waals surface area contributed by atoms with Crippen molar-refractivity contribution in [3.8, 4) is 0 Å². The van der Waals surface area contributed by atoms with Gasteiger partial charge in [-0.2, -0.15) is 0 Å². The van der Waals surface area contributed by atoms with Crippen LogP contribution in [0.3, 0.4) is 0 Å². The summed E-state index contributed by atoms with van der Waals surface area (Å²) >= 11 is 0. The van der Waals surface area contributed by atoms with Gasteiger partial charge in [0, 0.05) is 25.5 Å². The molecule has 2 aromatic rings. The van der Waals surface area contributed by atoms with E-state index in [0.717, 1.165) is 12.5 Å². The molecule has 0 saturated heterocycles. The van der Waals surface area contributed by atoms with Gasteiger partial charge in [0.25, 0.3) is 0 Å². The van der Waals surface area contributed by atoms with Crippen LogP contribution in [0.4, 0.5) is 0 Å². The molecule has 0 aliphatic heterocycles. The first-order valence-corrected chi connectivity index (χ1v) is 9.21. The lowest BCUT2D eigenvalue weighted by Crippen LogP contribution is -2.22. The van der Waals surface area contributed by atoms with Gasteiger partial charge in [0.2, 0.25) is 0 Å². The Kier molecular flexibility index (Phi) is 7.61. The standard InChI is InChI=1S/C19H26N2.C2H2O4/c1-20(15-16-7-4-3-5-8-16)13-11-17-9-6-10-19-18(17)12-14-21(19)2;3-1(4)2(5)6/h3-5,7-8,12,14,17H,6,9-11,13,15H2,1-2H3;(H,3,4)(H,5,6). The van der Waals surface area contributed by atoms with Crippen molar-refractivity contribution in [3.05, 3.63) is 59.4 Å². The fourth-order valence-electron chi connectivity index (χ4n) is 3.60. The number of benzene rings is 1. The first-order chi connectivity index (χ1) is 12.9. The Hall–Kier alpha value is -2.60. The Labute approximate surface area is 160 Å². The van der Waals surface area contributed by atoms with Crippen molar-refractivity contribution in [2.75, 3.05) is 13.6 Å². The van der Waals surface area contributed by atoms with Crippen LogP contribution in [-0.4, -0.2) is 45.2 Å². The van der Waals surface area contributed by atoms with Crippen LogP contribution in [0.5, 0.6) is 0 Å². The van der Waals surface area contributed by atoms with Crippen LogP contribution in [0.1, 0.15) is 42.0 Å². The third kappa shape index (κ3) is 6.25. The molecule has 146 valence electrons. The van der Waals surface area contributed by atoms with Crippen LogP contribution in [0, 0.1) is 0 Å². The lowest BCUT2D eigenvalue weighted by molar-refractivity contribution is -0.159.